The minimum absolute atomic E-state index is 0.0943. The lowest BCUT2D eigenvalue weighted by Gasteiger charge is -2.31. The Morgan fingerprint density at radius 2 is 1.86 bits per heavy atom. The van der Waals surface area contributed by atoms with Gasteiger partial charge in [-0.05, 0) is 31.9 Å². The largest absolute Gasteiger partial charge is 0.450 e. The van der Waals surface area contributed by atoms with Gasteiger partial charge >= 0.3 is 11.8 Å². The first-order chi connectivity index (χ1) is 13.3. The molecule has 10 heteroatoms. The van der Waals surface area contributed by atoms with Gasteiger partial charge in [-0.1, -0.05) is 0 Å². The Morgan fingerprint density at radius 1 is 1.18 bits per heavy atom. The predicted molar refractivity (Wildman–Crippen MR) is 101 cm³/mol. The number of piperidine rings is 1. The molecule has 1 N–H and O–H groups in total. The van der Waals surface area contributed by atoms with Crippen molar-refractivity contribution in [2.24, 2.45) is 14.1 Å². The number of likely N-dealkylation sites (tertiary alicyclic amines) is 1. The number of nitrogens with one attached hydrogen (secondary N) is 1. The Labute approximate surface area is 160 Å². The maximum atomic E-state index is 12.6. The lowest BCUT2D eigenvalue weighted by molar-refractivity contribution is 0.0857. The molecule has 0 spiro atoms. The number of aryl methyl sites for hydroxylation is 1. The summed E-state index contributed by atoms with van der Waals surface area (Å²) in [6.45, 7) is 3.08. The Morgan fingerprint density at radius 3 is 2.50 bits per heavy atom. The summed E-state index contributed by atoms with van der Waals surface area (Å²) in [4.78, 5) is 54.4. The van der Waals surface area contributed by atoms with Crippen molar-refractivity contribution in [3.63, 3.8) is 0 Å². The molecule has 0 bridgehead atoms. The molecule has 2 aromatic rings. The van der Waals surface area contributed by atoms with Gasteiger partial charge in [0.1, 0.15) is 11.3 Å². The van der Waals surface area contributed by atoms with Crippen molar-refractivity contribution in [1.82, 2.24) is 24.3 Å². The molecule has 3 rings (SSSR count). The second-order valence-electron chi connectivity index (χ2n) is 6.71. The molecule has 1 aliphatic heterocycles. The zero-order valence-electron chi connectivity index (χ0n) is 16.1. The zero-order valence-corrected chi connectivity index (χ0v) is 16.1. The number of hydrogen-bond acceptors (Lipinski definition) is 6. The van der Waals surface area contributed by atoms with Crippen LogP contribution in [0.1, 0.15) is 30.3 Å². The first kappa shape index (κ1) is 19.6. The van der Waals surface area contributed by atoms with Crippen LogP contribution in [-0.4, -0.2) is 56.8 Å². The van der Waals surface area contributed by atoms with E-state index in [1.54, 1.807) is 11.8 Å². The van der Waals surface area contributed by atoms with Crippen molar-refractivity contribution in [2.45, 2.75) is 25.8 Å². The van der Waals surface area contributed by atoms with Gasteiger partial charge in [-0.2, -0.15) is 0 Å². The minimum atomic E-state index is -0.506. The molecule has 3 heterocycles. The third-order valence-electron chi connectivity index (χ3n) is 4.89. The third-order valence-corrected chi connectivity index (χ3v) is 4.89. The lowest BCUT2D eigenvalue weighted by atomic mass is 10.1. The number of ether oxygens (including phenoxy) is 1. The monoisotopic (exact) mass is 389 g/mol. The quantitative estimate of drug-likeness (QED) is 0.789. The molecule has 10 nitrogen and oxygen atoms in total. The van der Waals surface area contributed by atoms with Crippen LogP contribution >= 0.6 is 0 Å². The Kier molecular flexibility index (Phi) is 5.48. The molecular formula is C18H23N5O5. The van der Waals surface area contributed by atoms with Crippen LogP contribution in [0.25, 0.3) is 11.0 Å². The molecule has 28 heavy (non-hydrogen) atoms. The Bertz CT molecular complexity index is 1030. The number of nitrogens with zero attached hydrogens (tertiary/aromatic N) is 4. The summed E-state index contributed by atoms with van der Waals surface area (Å²) >= 11 is 0. The SMILES string of the molecule is CCOC(=O)N1CCC(NC(=O)c2ccc3c(=O)n(C)c(=O)n(C)c3n2)CC1. The van der Waals surface area contributed by atoms with Crippen molar-refractivity contribution in [3.8, 4) is 0 Å². The van der Waals surface area contributed by atoms with E-state index in [2.05, 4.69) is 10.3 Å². The van der Waals surface area contributed by atoms with Crippen LogP contribution in [0.3, 0.4) is 0 Å². The lowest BCUT2D eigenvalue weighted by Crippen LogP contribution is -2.46. The average molecular weight is 389 g/mol. The van der Waals surface area contributed by atoms with E-state index in [-0.39, 0.29) is 34.8 Å². The van der Waals surface area contributed by atoms with Crippen LogP contribution in [0.15, 0.2) is 21.7 Å². The van der Waals surface area contributed by atoms with E-state index in [0.717, 1.165) is 4.57 Å². The van der Waals surface area contributed by atoms with E-state index in [1.807, 2.05) is 0 Å². The van der Waals surface area contributed by atoms with Gasteiger partial charge in [0.15, 0.2) is 0 Å². The number of carbonyl (C=O) groups is 2. The van der Waals surface area contributed by atoms with Gasteiger partial charge in [-0.15, -0.1) is 0 Å². The van der Waals surface area contributed by atoms with Gasteiger partial charge in [0.05, 0.1) is 12.0 Å². The predicted octanol–water partition coefficient (Wildman–Crippen LogP) is -0.0171. The van der Waals surface area contributed by atoms with Crippen LogP contribution in [0.2, 0.25) is 0 Å². The summed E-state index contributed by atoms with van der Waals surface area (Å²) in [5, 5.41) is 3.17. The number of amides is 2. The van der Waals surface area contributed by atoms with Gasteiger partial charge < -0.3 is 15.0 Å². The molecule has 0 aliphatic carbocycles. The van der Waals surface area contributed by atoms with E-state index in [1.165, 1.54) is 30.8 Å². The van der Waals surface area contributed by atoms with E-state index in [9.17, 15) is 19.2 Å². The van der Waals surface area contributed by atoms with Crippen molar-refractivity contribution < 1.29 is 14.3 Å². The summed E-state index contributed by atoms with van der Waals surface area (Å²) < 4.78 is 7.22. The summed E-state index contributed by atoms with van der Waals surface area (Å²) in [5.74, 6) is -0.385. The summed E-state index contributed by atoms with van der Waals surface area (Å²) in [6.07, 6.45) is 0.875. The molecule has 0 radical (unpaired) electrons. The Balaban J connectivity index is 1.74. The molecule has 0 aromatic carbocycles. The summed E-state index contributed by atoms with van der Waals surface area (Å²) in [7, 11) is 2.90. The molecule has 1 aliphatic rings. The molecule has 150 valence electrons. The topological polar surface area (TPSA) is 116 Å². The smallest absolute Gasteiger partial charge is 0.409 e. The molecule has 1 fully saturated rings. The zero-order chi connectivity index (χ0) is 20.4. The highest BCUT2D eigenvalue weighted by atomic mass is 16.6. The number of aromatic nitrogens is 3. The number of carbonyl (C=O) groups excluding carboxylic acids is 2. The van der Waals surface area contributed by atoms with Crippen molar-refractivity contribution in [2.75, 3.05) is 19.7 Å². The minimum Gasteiger partial charge on any atom is -0.450 e. The number of rotatable bonds is 3. The molecule has 0 saturated carbocycles. The highest BCUT2D eigenvalue weighted by Gasteiger charge is 2.25. The molecule has 1 saturated heterocycles. The van der Waals surface area contributed by atoms with Crippen LogP contribution in [0.5, 0.6) is 0 Å². The van der Waals surface area contributed by atoms with E-state index in [4.69, 9.17) is 4.74 Å². The maximum Gasteiger partial charge on any atom is 0.409 e. The van der Waals surface area contributed by atoms with E-state index < -0.39 is 11.2 Å². The molecule has 0 atom stereocenters. The van der Waals surface area contributed by atoms with E-state index >= 15 is 0 Å². The second kappa shape index (κ2) is 7.83. The molecule has 2 amide bonds. The highest BCUT2D eigenvalue weighted by molar-refractivity contribution is 5.94. The van der Waals surface area contributed by atoms with Crippen LogP contribution < -0.4 is 16.6 Å². The summed E-state index contributed by atoms with van der Waals surface area (Å²) in [6, 6.07) is 2.88. The van der Waals surface area contributed by atoms with Gasteiger partial charge in [0.25, 0.3) is 11.5 Å². The molecule has 2 aromatic heterocycles. The van der Waals surface area contributed by atoms with E-state index in [0.29, 0.717) is 32.5 Å². The van der Waals surface area contributed by atoms with Crippen LogP contribution in [0.4, 0.5) is 4.79 Å². The van der Waals surface area contributed by atoms with Gasteiger partial charge in [0.2, 0.25) is 0 Å². The van der Waals surface area contributed by atoms with Crippen molar-refractivity contribution in [3.05, 3.63) is 38.7 Å². The third kappa shape index (κ3) is 3.62. The molecular weight excluding hydrogens is 366 g/mol. The average Bonchev–Trinajstić information content (AvgIpc) is 2.71. The van der Waals surface area contributed by atoms with Gasteiger partial charge in [-0.25, -0.2) is 14.6 Å². The van der Waals surface area contributed by atoms with Crippen molar-refractivity contribution in [1.29, 1.82) is 0 Å². The van der Waals surface area contributed by atoms with Gasteiger partial charge in [-0.3, -0.25) is 18.7 Å². The fraction of sp³-hybridized carbons (Fsp3) is 0.500. The first-order valence-corrected chi connectivity index (χ1v) is 9.12. The Hall–Kier alpha value is -3.17. The standard InChI is InChI=1S/C18H23N5O5/c1-4-28-18(27)23-9-7-11(8-10-23)19-15(24)13-6-5-12-14(20-13)21(2)17(26)22(3)16(12)25/h5-6,11H,4,7-10H2,1-3H3,(H,19,24). The highest BCUT2D eigenvalue weighted by Crippen LogP contribution is 2.13. The fourth-order valence-corrected chi connectivity index (χ4v) is 3.26. The number of hydrogen-bond donors (Lipinski definition) is 1. The van der Waals surface area contributed by atoms with Gasteiger partial charge in [0, 0.05) is 33.2 Å². The maximum absolute atomic E-state index is 12.6. The fourth-order valence-electron chi connectivity index (χ4n) is 3.26. The normalized spacial score (nSPS) is 14.9. The second-order valence-corrected chi connectivity index (χ2v) is 6.71. The van der Waals surface area contributed by atoms with Crippen LogP contribution in [0, 0.1) is 0 Å². The molecule has 0 unspecified atom stereocenters. The van der Waals surface area contributed by atoms with Crippen LogP contribution in [-0.2, 0) is 18.8 Å². The first-order valence-electron chi connectivity index (χ1n) is 9.12. The number of pyridine rings is 1. The van der Waals surface area contributed by atoms with Crippen molar-refractivity contribution >= 4 is 23.0 Å². The summed E-state index contributed by atoms with van der Waals surface area (Å²) in [5.41, 5.74) is -0.667. The number of fused-ring (bicyclic) bond motifs is 1.